The lowest BCUT2D eigenvalue weighted by molar-refractivity contribution is 0.0939. The Balaban J connectivity index is 2.87. The van der Waals surface area contributed by atoms with Crippen LogP contribution >= 0.6 is 34.2 Å². The molecule has 0 aromatic heterocycles. The van der Waals surface area contributed by atoms with Gasteiger partial charge in [-0.15, -0.1) is 0 Å². The average molecular weight is 384 g/mol. The summed E-state index contributed by atoms with van der Waals surface area (Å²) in [6, 6.07) is 3.30. The highest BCUT2D eigenvalue weighted by Crippen LogP contribution is 2.28. The molecule has 0 aliphatic heterocycles. The molecule has 0 saturated carbocycles. The van der Waals surface area contributed by atoms with Crippen molar-refractivity contribution < 1.29 is 14.6 Å². The number of hydrogen-bond donors (Lipinski definition) is 2. The van der Waals surface area contributed by atoms with Gasteiger partial charge in [0.2, 0.25) is 0 Å². The summed E-state index contributed by atoms with van der Waals surface area (Å²) in [4.78, 5) is 12.0. The Morgan fingerprint density at radius 3 is 2.83 bits per heavy atom. The molecule has 0 saturated heterocycles. The predicted octanol–water partition coefficient (Wildman–Crippen LogP) is 2.31. The normalized spacial score (nSPS) is 12.1. The van der Waals surface area contributed by atoms with Crippen LogP contribution in [0.3, 0.4) is 0 Å². The maximum absolute atomic E-state index is 12.0. The van der Waals surface area contributed by atoms with Crippen molar-refractivity contribution in [3.8, 4) is 5.75 Å². The van der Waals surface area contributed by atoms with Crippen LogP contribution in [-0.4, -0.2) is 31.3 Å². The standard InChI is InChI=1S/C12H15ClINO3/c1-7(6-16)5-15-12(17)8-3-9(13)10(14)4-11(8)18-2/h3-4,7,16H,5-6H2,1-2H3,(H,15,17). The number of carbonyl (C=O) groups excluding carboxylic acids is 1. The summed E-state index contributed by atoms with van der Waals surface area (Å²) in [6.07, 6.45) is 0. The van der Waals surface area contributed by atoms with Gasteiger partial charge in [-0.25, -0.2) is 0 Å². The number of rotatable bonds is 5. The lowest BCUT2D eigenvalue weighted by Gasteiger charge is -2.13. The largest absolute Gasteiger partial charge is 0.496 e. The molecule has 1 aromatic carbocycles. The summed E-state index contributed by atoms with van der Waals surface area (Å²) in [7, 11) is 1.51. The molecule has 0 aliphatic rings. The van der Waals surface area contributed by atoms with E-state index >= 15 is 0 Å². The molecule has 0 fully saturated rings. The lowest BCUT2D eigenvalue weighted by Crippen LogP contribution is -2.29. The zero-order valence-corrected chi connectivity index (χ0v) is 13.1. The minimum atomic E-state index is -0.259. The van der Waals surface area contributed by atoms with E-state index in [0.717, 1.165) is 3.57 Å². The topological polar surface area (TPSA) is 58.6 Å². The molecule has 1 atom stereocenters. The van der Waals surface area contributed by atoms with Crippen LogP contribution in [0.1, 0.15) is 17.3 Å². The van der Waals surface area contributed by atoms with E-state index in [4.69, 9.17) is 21.4 Å². The van der Waals surface area contributed by atoms with E-state index in [1.165, 1.54) is 7.11 Å². The second kappa shape index (κ2) is 7.16. The minimum absolute atomic E-state index is 0.0132. The summed E-state index contributed by atoms with van der Waals surface area (Å²) in [5.41, 5.74) is 0.396. The Morgan fingerprint density at radius 2 is 2.28 bits per heavy atom. The number of aliphatic hydroxyl groups excluding tert-OH is 1. The molecular weight excluding hydrogens is 368 g/mol. The minimum Gasteiger partial charge on any atom is -0.496 e. The van der Waals surface area contributed by atoms with Crippen LogP contribution in [0, 0.1) is 9.49 Å². The fourth-order valence-corrected chi connectivity index (χ4v) is 1.90. The van der Waals surface area contributed by atoms with Gasteiger partial charge in [-0.1, -0.05) is 18.5 Å². The maximum atomic E-state index is 12.0. The van der Waals surface area contributed by atoms with Crippen molar-refractivity contribution in [2.24, 2.45) is 5.92 Å². The number of halogens is 2. The van der Waals surface area contributed by atoms with E-state index in [1.54, 1.807) is 12.1 Å². The number of hydrogen-bond acceptors (Lipinski definition) is 3. The van der Waals surface area contributed by atoms with Crippen molar-refractivity contribution in [2.75, 3.05) is 20.3 Å². The molecule has 1 rings (SSSR count). The molecule has 1 amide bonds. The Labute approximate surface area is 125 Å². The van der Waals surface area contributed by atoms with Gasteiger partial charge in [0.15, 0.2) is 0 Å². The zero-order valence-electron chi connectivity index (χ0n) is 10.2. The third-order valence-electron chi connectivity index (χ3n) is 2.41. The molecule has 0 radical (unpaired) electrons. The Hall–Kier alpha value is -0.530. The van der Waals surface area contributed by atoms with E-state index in [9.17, 15) is 4.79 Å². The van der Waals surface area contributed by atoms with Gasteiger partial charge in [-0.3, -0.25) is 4.79 Å². The van der Waals surface area contributed by atoms with Gasteiger partial charge in [-0.05, 0) is 40.6 Å². The third-order valence-corrected chi connectivity index (χ3v) is 3.93. The van der Waals surface area contributed by atoms with Crippen molar-refractivity contribution in [1.29, 1.82) is 0 Å². The molecule has 4 nitrogen and oxygen atoms in total. The molecular formula is C12H15ClINO3. The summed E-state index contributed by atoms with van der Waals surface area (Å²) < 4.78 is 5.99. The van der Waals surface area contributed by atoms with Gasteiger partial charge >= 0.3 is 0 Å². The fraction of sp³-hybridized carbons (Fsp3) is 0.417. The smallest absolute Gasteiger partial charge is 0.255 e. The first-order chi connectivity index (χ1) is 8.49. The second-order valence-electron chi connectivity index (χ2n) is 3.96. The van der Waals surface area contributed by atoms with E-state index in [-0.39, 0.29) is 18.4 Å². The molecule has 100 valence electrons. The van der Waals surface area contributed by atoms with E-state index in [1.807, 2.05) is 6.92 Å². The highest BCUT2D eigenvalue weighted by Gasteiger charge is 2.15. The number of ether oxygens (including phenoxy) is 1. The van der Waals surface area contributed by atoms with Crippen molar-refractivity contribution in [1.82, 2.24) is 5.32 Å². The number of carbonyl (C=O) groups is 1. The Kier molecular flexibility index (Phi) is 6.17. The van der Waals surface area contributed by atoms with Crippen LogP contribution in [0.15, 0.2) is 12.1 Å². The predicted molar refractivity (Wildman–Crippen MR) is 79.3 cm³/mol. The maximum Gasteiger partial charge on any atom is 0.255 e. The van der Waals surface area contributed by atoms with Gasteiger partial charge in [0.05, 0.1) is 17.7 Å². The highest BCUT2D eigenvalue weighted by molar-refractivity contribution is 14.1. The van der Waals surface area contributed by atoms with Gasteiger partial charge in [-0.2, -0.15) is 0 Å². The van der Waals surface area contributed by atoms with Crippen LogP contribution in [0.2, 0.25) is 5.02 Å². The lowest BCUT2D eigenvalue weighted by atomic mass is 10.1. The first-order valence-electron chi connectivity index (χ1n) is 5.41. The van der Waals surface area contributed by atoms with Gasteiger partial charge in [0.1, 0.15) is 5.75 Å². The fourth-order valence-electron chi connectivity index (χ4n) is 1.30. The number of benzene rings is 1. The van der Waals surface area contributed by atoms with E-state index < -0.39 is 0 Å². The monoisotopic (exact) mass is 383 g/mol. The molecule has 0 bridgehead atoms. The van der Waals surface area contributed by atoms with Crippen molar-refractivity contribution in [2.45, 2.75) is 6.92 Å². The van der Waals surface area contributed by atoms with Crippen molar-refractivity contribution in [3.63, 3.8) is 0 Å². The first kappa shape index (κ1) is 15.5. The van der Waals surface area contributed by atoms with E-state index in [2.05, 4.69) is 27.9 Å². The average Bonchev–Trinajstić information content (AvgIpc) is 2.37. The molecule has 2 N–H and O–H groups in total. The SMILES string of the molecule is COc1cc(I)c(Cl)cc1C(=O)NCC(C)CO. The Bertz CT molecular complexity index is 440. The molecule has 0 heterocycles. The van der Waals surface area contributed by atoms with Crippen LogP contribution in [-0.2, 0) is 0 Å². The second-order valence-corrected chi connectivity index (χ2v) is 5.53. The Morgan fingerprint density at radius 1 is 1.61 bits per heavy atom. The van der Waals surface area contributed by atoms with Crippen molar-refractivity contribution >= 4 is 40.1 Å². The number of nitrogens with one attached hydrogen (secondary N) is 1. The van der Waals surface area contributed by atoms with Gasteiger partial charge < -0.3 is 15.2 Å². The van der Waals surface area contributed by atoms with Gasteiger partial charge in [0, 0.05) is 16.7 Å². The summed E-state index contributed by atoms with van der Waals surface area (Å²) in [5, 5.41) is 12.1. The summed E-state index contributed by atoms with van der Waals surface area (Å²) >= 11 is 8.07. The van der Waals surface area contributed by atoms with Crippen LogP contribution in [0.4, 0.5) is 0 Å². The molecule has 1 unspecified atom stereocenters. The quantitative estimate of drug-likeness (QED) is 0.767. The first-order valence-corrected chi connectivity index (χ1v) is 6.87. The summed E-state index contributed by atoms with van der Waals surface area (Å²) in [6.45, 7) is 2.28. The summed E-state index contributed by atoms with van der Waals surface area (Å²) in [5.74, 6) is 0.239. The highest BCUT2D eigenvalue weighted by atomic mass is 127. The van der Waals surface area contributed by atoms with Crippen LogP contribution in [0.5, 0.6) is 5.75 Å². The molecule has 0 spiro atoms. The third kappa shape index (κ3) is 4.00. The van der Waals surface area contributed by atoms with Gasteiger partial charge in [0.25, 0.3) is 5.91 Å². The zero-order chi connectivity index (χ0) is 13.7. The number of aliphatic hydroxyl groups is 1. The number of methoxy groups -OCH3 is 1. The van der Waals surface area contributed by atoms with Crippen molar-refractivity contribution in [3.05, 3.63) is 26.3 Å². The van der Waals surface area contributed by atoms with E-state index in [0.29, 0.717) is 22.9 Å². The van der Waals surface area contributed by atoms with Crippen LogP contribution < -0.4 is 10.1 Å². The molecule has 18 heavy (non-hydrogen) atoms. The molecule has 1 aromatic rings. The number of amides is 1. The molecule has 0 aliphatic carbocycles. The molecule has 6 heteroatoms. The van der Waals surface area contributed by atoms with Crippen LogP contribution in [0.25, 0.3) is 0 Å².